The molecule has 0 atom stereocenters. The fourth-order valence-corrected chi connectivity index (χ4v) is 2.99. The van der Waals surface area contributed by atoms with Crippen molar-refractivity contribution in [3.8, 4) is 0 Å². The van der Waals surface area contributed by atoms with Crippen LogP contribution in [0.15, 0.2) is 41.4 Å². The number of benzene rings is 1. The van der Waals surface area contributed by atoms with Gasteiger partial charge in [0.05, 0.1) is 0 Å². The van der Waals surface area contributed by atoms with Crippen molar-refractivity contribution in [3.05, 3.63) is 47.7 Å². The van der Waals surface area contributed by atoms with Crippen LogP contribution in [0.5, 0.6) is 0 Å². The third kappa shape index (κ3) is 2.70. The highest BCUT2D eigenvalue weighted by Gasteiger charge is 2.19. The monoisotopic (exact) mass is 304 g/mol. The van der Waals surface area contributed by atoms with Gasteiger partial charge in [0.1, 0.15) is 10.7 Å². The number of sulfonamides is 1. The second-order valence-electron chi connectivity index (χ2n) is 5.05. The number of hydrogen-bond donors (Lipinski definition) is 2. The minimum atomic E-state index is -3.71. The van der Waals surface area contributed by atoms with Gasteiger partial charge < -0.3 is 10.6 Å². The number of pyridine rings is 1. The first kappa shape index (κ1) is 13.8. The highest BCUT2D eigenvalue weighted by molar-refractivity contribution is 7.89. The summed E-state index contributed by atoms with van der Waals surface area (Å²) in [6.45, 7) is 1.49. The third-order valence-corrected chi connectivity index (χ3v) is 4.58. The van der Waals surface area contributed by atoms with E-state index >= 15 is 0 Å². The lowest BCUT2D eigenvalue weighted by Crippen LogP contribution is -2.31. The number of rotatable bonds is 2. The standard InChI is InChI=1S/C14H16N4O2S/c15-13-3-1-2-10-6-7-18(9-12(10)13)14-5-4-11(8-17-14)21(16,19)20/h1-5,8H,6-7,9,15H2,(H2,16,19,20). The molecule has 110 valence electrons. The van der Waals surface area contributed by atoms with E-state index in [-0.39, 0.29) is 4.90 Å². The van der Waals surface area contributed by atoms with E-state index in [1.54, 1.807) is 6.07 Å². The predicted molar refractivity (Wildman–Crippen MR) is 81.2 cm³/mol. The van der Waals surface area contributed by atoms with E-state index in [1.165, 1.54) is 17.8 Å². The van der Waals surface area contributed by atoms with Gasteiger partial charge in [0.2, 0.25) is 10.0 Å². The van der Waals surface area contributed by atoms with Crippen LogP contribution in [0.25, 0.3) is 0 Å². The van der Waals surface area contributed by atoms with Gasteiger partial charge in [-0.3, -0.25) is 0 Å². The van der Waals surface area contributed by atoms with E-state index in [9.17, 15) is 8.42 Å². The van der Waals surface area contributed by atoms with Crippen molar-refractivity contribution in [1.29, 1.82) is 0 Å². The Bertz CT molecular complexity index is 772. The van der Waals surface area contributed by atoms with Gasteiger partial charge in [0.15, 0.2) is 0 Å². The zero-order valence-electron chi connectivity index (χ0n) is 11.4. The van der Waals surface area contributed by atoms with Crippen molar-refractivity contribution in [2.75, 3.05) is 17.2 Å². The molecule has 0 aliphatic carbocycles. The number of nitrogen functional groups attached to an aromatic ring is 1. The van der Waals surface area contributed by atoms with Gasteiger partial charge in [0, 0.05) is 25.0 Å². The van der Waals surface area contributed by atoms with Crippen LogP contribution >= 0.6 is 0 Å². The van der Waals surface area contributed by atoms with Gasteiger partial charge in [-0.1, -0.05) is 12.1 Å². The van der Waals surface area contributed by atoms with Crippen LogP contribution in [0, 0.1) is 0 Å². The SMILES string of the molecule is Nc1cccc2c1CN(c1ccc(S(N)(=O)=O)cn1)CC2. The fraction of sp³-hybridized carbons (Fsp3) is 0.214. The third-order valence-electron chi connectivity index (χ3n) is 3.68. The highest BCUT2D eigenvalue weighted by Crippen LogP contribution is 2.27. The first-order chi connectivity index (χ1) is 9.95. The number of anilines is 2. The summed E-state index contributed by atoms with van der Waals surface area (Å²) in [7, 11) is -3.71. The van der Waals surface area contributed by atoms with E-state index in [2.05, 4.69) is 16.0 Å². The Hall–Kier alpha value is -2.12. The topological polar surface area (TPSA) is 102 Å². The lowest BCUT2D eigenvalue weighted by molar-refractivity contribution is 0.597. The molecule has 3 rings (SSSR count). The maximum absolute atomic E-state index is 11.2. The molecule has 0 amide bonds. The second kappa shape index (κ2) is 5.01. The molecule has 0 radical (unpaired) electrons. The minimum absolute atomic E-state index is 0.0168. The van der Waals surface area contributed by atoms with Crippen molar-refractivity contribution < 1.29 is 8.42 Å². The highest BCUT2D eigenvalue weighted by atomic mass is 32.2. The molecule has 7 heteroatoms. The minimum Gasteiger partial charge on any atom is -0.398 e. The number of primary sulfonamides is 1. The van der Waals surface area contributed by atoms with Crippen LogP contribution in [0.1, 0.15) is 11.1 Å². The largest absolute Gasteiger partial charge is 0.398 e. The summed E-state index contributed by atoms with van der Waals surface area (Å²) >= 11 is 0. The van der Waals surface area contributed by atoms with E-state index < -0.39 is 10.0 Å². The Balaban J connectivity index is 1.88. The summed E-state index contributed by atoms with van der Waals surface area (Å²) < 4.78 is 22.5. The maximum Gasteiger partial charge on any atom is 0.239 e. The van der Waals surface area contributed by atoms with Crippen LogP contribution in [-0.4, -0.2) is 19.9 Å². The Morgan fingerprint density at radius 3 is 2.67 bits per heavy atom. The van der Waals surface area contributed by atoms with Crippen molar-refractivity contribution in [1.82, 2.24) is 4.98 Å². The molecule has 0 fully saturated rings. The van der Waals surface area contributed by atoms with E-state index in [4.69, 9.17) is 10.9 Å². The number of aromatic nitrogens is 1. The molecule has 0 saturated carbocycles. The Morgan fingerprint density at radius 2 is 2.00 bits per heavy atom. The molecule has 2 heterocycles. The maximum atomic E-state index is 11.2. The van der Waals surface area contributed by atoms with Crippen LogP contribution < -0.4 is 15.8 Å². The average molecular weight is 304 g/mol. The van der Waals surface area contributed by atoms with Crippen LogP contribution in [0.3, 0.4) is 0 Å². The van der Waals surface area contributed by atoms with Crippen molar-refractivity contribution in [3.63, 3.8) is 0 Å². The normalized spacial score (nSPS) is 14.8. The molecular formula is C14H16N4O2S. The molecular weight excluding hydrogens is 288 g/mol. The number of fused-ring (bicyclic) bond motifs is 1. The summed E-state index contributed by atoms with van der Waals surface area (Å²) in [4.78, 5) is 6.29. The van der Waals surface area contributed by atoms with Gasteiger partial charge in [-0.05, 0) is 35.7 Å². The molecule has 1 aromatic carbocycles. The molecule has 1 aliphatic rings. The Morgan fingerprint density at radius 1 is 1.19 bits per heavy atom. The molecule has 0 saturated heterocycles. The van der Waals surface area contributed by atoms with Gasteiger partial charge in [-0.25, -0.2) is 18.5 Å². The van der Waals surface area contributed by atoms with Crippen molar-refractivity contribution >= 4 is 21.5 Å². The predicted octanol–water partition coefficient (Wildman–Crippen LogP) is 0.874. The first-order valence-electron chi connectivity index (χ1n) is 6.55. The number of nitrogens with zero attached hydrogens (tertiary/aromatic N) is 2. The lowest BCUT2D eigenvalue weighted by Gasteiger charge is -2.30. The molecule has 2 aromatic rings. The van der Waals surface area contributed by atoms with Crippen LogP contribution in [-0.2, 0) is 23.0 Å². The lowest BCUT2D eigenvalue weighted by atomic mass is 9.98. The number of hydrogen-bond acceptors (Lipinski definition) is 5. The van der Waals surface area contributed by atoms with Crippen molar-refractivity contribution in [2.24, 2.45) is 5.14 Å². The van der Waals surface area contributed by atoms with E-state index in [0.29, 0.717) is 6.54 Å². The molecule has 1 aromatic heterocycles. The van der Waals surface area contributed by atoms with Gasteiger partial charge >= 0.3 is 0 Å². The summed E-state index contributed by atoms with van der Waals surface area (Å²) in [6, 6.07) is 9.08. The second-order valence-corrected chi connectivity index (χ2v) is 6.62. The average Bonchev–Trinajstić information content (AvgIpc) is 2.47. The zero-order chi connectivity index (χ0) is 15.0. The summed E-state index contributed by atoms with van der Waals surface area (Å²) in [5.74, 6) is 0.719. The molecule has 1 aliphatic heterocycles. The van der Waals surface area contributed by atoms with Crippen LogP contribution in [0.4, 0.5) is 11.5 Å². The smallest absolute Gasteiger partial charge is 0.239 e. The van der Waals surface area contributed by atoms with Gasteiger partial charge in [-0.15, -0.1) is 0 Å². The first-order valence-corrected chi connectivity index (χ1v) is 8.10. The van der Waals surface area contributed by atoms with E-state index in [0.717, 1.165) is 30.0 Å². The quantitative estimate of drug-likeness (QED) is 0.802. The number of nitrogens with two attached hydrogens (primary N) is 2. The molecule has 0 unspecified atom stereocenters. The molecule has 0 bridgehead atoms. The van der Waals surface area contributed by atoms with E-state index in [1.807, 2.05) is 12.1 Å². The summed E-state index contributed by atoms with van der Waals surface area (Å²) in [5.41, 5.74) is 9.17. The molecule has 21 heavy (non-hydrogen) atoms. The zero-order valence-corrected chi connectivity index (χ0v) is 12.2. The van der Waals surface area contributed by atoms with Crippen molar-refractivity contribution in [2.45, 2.75) is 17.9 Å². The van der Waals surface area contributed by atoms with Gasteiger partial charge in [-0.2, -0.15) is 0 Å². The Labute approximate surface area is 123 Å². The van der Waals surface area contributed by atoms with Gasteiger partial charge in [0.25, 0.3) is 0 Å². The molecule has 4 N–H and O–H groups in total. The Kier molecular flexibility index (Phi) is 3.30. The molecule has 6 nitrogen and oxygen atoms in total. The summed E-state index contributed by atoms with van der Waals surface area (Å²) in [6.07, 6.45) is 2.17. The summed E-state index contributed by atoms with van der Waals surface area (Å²) in [5, 5.41) is 5.07. The van der Waals surface area contributed by atoms with Crippen LogP contribution in [0.2, 0.25) is 0 Å². The molecule has 0 spiro atoms. The fourth-order valence-electron chi connectivity index (χ4n) is 2.53.